The minimum absolute atomic E-state index is 0.120. The van der Waals surface area contributed by atoms with E-state index in [-0.39, 0.29) is 37.5 Å². The van der Waals surface area contributed by atoms with Gasteiger partial charge in [0.05, 0.1) is 0 Å². The summed E-state index contributed by atoms with van der Waals surface area (Å²) in [4.78, 5) is 38.0. The third-order valence-corrected chi connectivity index (χ3v) is 10.6. The molecule has 0 spiro atoms. The van der Waals surface area contributed by atoms with Gasteiger partial charge in [0, 0.05) is 19.3 Å². The van der Waals surface area contributed by atoms with Crippen molar-refractivity contribution in [2.45, 2.75) is 219 Å². The van der Waals surface area contributed by atoms with Gasteiger partial charge in [0.15, 0.2) is 6.10 Å². The van der Waals surface area contributed by atoms with Crippen LogP contribution in [0.3, 0.4) is 0 Å². The van der Waals surface area contributed by atoms with E-state index in [0.717, 1.165) is 128 Å². The van der Waals surface area contributed by atoms with E-state index in [1.807, 2.05) is 0 Å². The van der Waals surface area contributed by atoms with Crippen LogP contribution in [0.25, 0.3) is 0 Å². The van der Waals surface area contributed by atoms with Crippen molar-refractivity contribution in [3.05, 3.63) is 134 Å². The van der Waals surface area contributed by atoms with Crippen molar-refractivity contribution in [2.24, 2.45) is 0 Å². The van der Waals surface area contributed by atoms with Crippen LogP contribution in [0.15, 0.2) is 134 Å². The van der Waals surface area contributed by atoms with Gasteiger partial charge in [-0.2, -0.15) is 0 Å². The summed E-state index contributed by atoms with van der Waals surface area (Å²) in [7, 11) is 0. The molecule has 0 aliphatic heterocycles. The van der Waals surface area contributed by atoms with E-state index in [4.69, 9.17) is 14.2 Å². The van der Waals surface area contributed by atoms with Crippen LogP contribution < -0.4 is 0 Å². The number of carbonyl (C=O) groups excluding carboxylic acids is 3. The molecule has 0 bridgehead atoms. The van der Waals surface area contributed by atoms with Gasteiger partial charge in [0.25, 0.3) is 0 Å². The Morgan fingerprint density at radius 2 is 0.597 bits per heavy atom. The number of hydrogen-bond acceptors (Lipinski definition) is 6. The van der Waals surface area contributed by atoms with E-state index in [2.05, 4.69) is 154 Å². The fraction of sp³-hybridized carbons (Fsp3) is 0.590. The molecule has 0 aliphatic carbocycles. The standard InChI is InChI=1S/C61H96O6/c1-4-7-10-13-16-19-22-25-27-29-30-32-33-36-39-42-45-48-51-54-60(63)66-57-58(56-65-59(62)53-50-47-44-41-38-35-24-21-18-15-12-9-6-3)67-61(64)55-52-49-46-43-40-37-34-31-28-26-23-20-17-14-11-8-5-2/h7-8,10-11,16-17,19-21,24-28,30,32,34,36-37,39,43,46,58H,4-6,9,12-15,18,22-23,29,31,33,35,38,40-42,44-45,47-57H2,1-3H3/b10-7+,11-8+,19-16+,20-17+,24-21+,27-25+,28-26+,32-30+,37-34+,39-36+,46-43+/t58-/m1/s1. The Kier molecular flexibility index (Phi) is 50.6. The minimum Gasteiger partial charge on any atom is -0.462 e. The predicted octanol–water partition coefficient (Wildman–Crippen LogP) is 17.9. The van der Waals surface area contributed by atoms with Crippen molar-refractivity contribution in [1.82, 2.24) is 0 Å². The Balaban J connectivity index is 4.57. The topological polar surface area (TPSA) is 78.9 Å². The Bertz CT molecular complexity index is 1480. The molecule has 67 heavy (non-hydrogen) atoms. The van der Waals surface area contributed by atoms with Gasteiger partial charge in [0.2, 0.25) is 0 Å². The lowest BCUT2D eigenvalue weighted by molar-refractivity contribution is -0.167. The first-order valence-corrected chi connectivity index (χ1v) is 26.7. The second kappa shape index (κ2) is 54.2. The Morgan fingerprint density at radius 3 is 0.985 bits per heavy atom. The molecule has 0 amide bonds. The molecule has 6 heteroatoms. The van der Waals surface area contributed by atoms with Crippen LogP contribution >= 0.6 is 0 Å². The average molecular weight is 925 g/mol. The first-order chi connectivity index (χ1) is 33.0. The number of unbranched alkanes of at least 4 members (excludes halogenated alkanes) is 13. The zero-order valence-electron chi connectivity index (χ0n) is 42.9. The van der Waals surface area contributed by atoms with Crippen molar-refractivity contribution in [2.75, 3.05) is 13.2 Å². The quantitative estimate of drug-likeness (QED) is 0.0262. The second-order valence-electron chi connectivity index (χ2n) is 17.0. The van der Waals surface area contributed by atoms with E-state index in [9.17, 15) is 14.4 Å². The lowest BCUT2D eigenvalue weighted by atomic mass is 10.1. The lowest BCUT2D eigenvalue weighted by Crippen LogP contribution is -2.30. The molecule has 0 aromatic carbocycles. The molecule has 0 fully saturated rings. The smallest absolute Gasteiger partial charge is 0.306 e. The number of allylic oxidation sites excluding steroid dienone is 22. The van der Waals surface area contributed by atoms with Crippen molar-refractivity contribution in [3.63, 3.8) is 0 Å². The summed E-state index contributed by atoms with van der Waals surface area (Å²) >= 11 is 0. The van der Waals surface area contributed by atoms with Crippen LogP contribution in [-0.4, -0.2) is 37.2 Å². The highest BCUT2D eigenvalue weighted by Gasteiger charge is 2.19. The highest BCUT2D eigenvalue weighted by Crippen LogP contribution is 2.12. The average Bonchev–Trinajstić information content (AvgIpc) is 3.33. The summed E-state index contributed by atoms with van der Waals surface area (Å²) in [6.07, 6.45) is 75.8. The van der Waals surface area contributed by atoms with Gasteiger partial charge in [-0.15, -0.1) is 0 Å². The fourth-order valence-corrected chi connectivity index (χ4v) is 6.67. The number of carbonyl (C=O) groups is 3. The summed E-state index contributed by atoms with van der Waals surface area (Å²) in [6.45, 7) is 6.29. The summed E-state index contributed by atoms with van der Waals surface area (Å²) in [5, 5.41) is 0. The molecule has 376 valence electrons. The molecule has 0 aliphatic rings. The van der Waals surface area contributed by atoms with E-state index in [0.29, 0.717) is 19.3 Å². The summed E-state index contributed by atoms with van der Waals surface area (Å²) in [5.74, 6) is -1.03. The molecule has 1 atom stereocenters. The maximum absolute atomic E-state index is 12.8. The molecule has 6 nitrogen and oxygen atoms in total. The predicted molar refractivity (Wildman–Crippen MR) is 288 cm³/mol. The summed E-state index contributed by atoms with van der Waals surface area (Å²) in [5.41, 5.74) is 0. The van der Waals surface area contributed by atoms with Gasteiger partial charge < -0.3 is 14.2 Å². The van der Waals surface area contributed by atoms with E-state index >= 15 is 0 Å². The monoisotopic (exact) mass is 925 g/mol. The Morgan fingerprint density at radius 1 is 0.313 bits per heavy atom. The van der Waals surface area contributed by atoms with Crippen molar-refractivity contribution >= 4 is 17.9 Å². The van der Waals surface area contributed by atoms with Gasteiger partial charge in [-0.25, -0.2) is 0 Å². The Labute approximate surface area is 411 Å². The van der Waals surface area contributed by atoms with Crippen LogP contribution in [0.4, 0.5) is 0 Å². The number of esters is 3. The Hall–Kier alpha value is -4.45. The molecular weight excluding hydrogens is 829 g/mol. The molecule has 0 saturated carbocycles. The molecule has 0 aromatic rings. The van der Waals surface area contributed by atoms with E-state index in [1.165, 1.54) is 38.5 Å². The molecule has 0 heterocycles. The highest BCUT2D eigenvalue weighted by atomic mass is 16.6. The fourth-order valence-electron chi connectivity index (χ4n) is 6.67. The molecule has 0 aromatic heterocycles. The van der Waals surface area contributed by atoms with E-state index < -0.39 is 6.10 Å². The maximum atomic E-state index is 12.8. The first-order valence-electron chi connectivity index (χ1n) is 26.7. The van der Waals surface area contributed by atoms with Crippen LogP contribution in [0.5, 0.6) is 0 Å². The van der Waals surface area contributed by atoms with Crippen LogP contribution in [-0.2, 0) is 28.6 Å². The minimum atomic E-state index is -0.830. The van der Waals surface area contributed by atoms with Crippen LogP contribution in [0, 0.1) is 0 Å². The molecule has 0 rings (SSSR count). The summed E-state index contributed by atoms with van der Waals surface area (Å²) < 4.78 is 16.7. The lowest BCUT2D eigenvalue weighted by Gasteiger charge is -2.18. The third kappa shape index (κ3) is 52.4. The van der Waals surface area contributed by atoms with Crippen molar-refractivity contribution in [1.29, 1.82) is 0 Å². The highest BCUT2D eigenvalue weighted by molar-refractivity contribution is 5.71. The normalized spacial score (nSPS) is 13.2. The van der Waals surface area contributed by atoms with Crippen molar-refractivity contribution in [3.8, 4) is 0 Å². The van der Waals surface area contributed by atoms with Crippen LogP contribution in [0.2, 0.25) is 0 Å². The van der Waals surface area contributed by atoms with Gasteiger partial charge in [-0.1, -0.05) is 199 Å². The third-order valence-electron chi connectivity index (χ3n) is 10.6. The maximum Gasteiger partial charge on any atom is 0.306 e. The zero-order chi connectivity index (χ0) is 48.6. The molecule has 0 saturated heterocycles. The SMILES string of the molecule is CC/C=C/C/C=C/C/C=C/C/C=C/C/C=C/CCCCCC(=O)OC[C@@H](COC(=O)CCCCCCC/C=C/CCCCCC)OC(=O)CCC/C=C/C/C=C/C/C=C/C/C=C/C/C=C/CC. The van der Waals surface area contributed by atoms with Crippen molar-refractivity contribution < 1.29 is 28.6 Å². The first kappa shape index (κ1) is 62.5. The van der Waals surface area contributed by atoms with Gasteiger partial charge in [0.1, 0.15) is 13.2 Å². The number of hydrogen-bond donors (Lipinski definition) is 0. The molecular formula is C61H96O6. The molecule has 0 N–H and O–H groups in total. The summed E-state index contributed by atoms with van der Waals surface area (Å²) in [6, 6.07) is 0. The second-order valence-corrected chi connectivity index (χ2v) is 17.0. The molecule has 0 unspecified atom stereocenters. The number of rotatable bonds is 46. The zero-order valence-corrected chi connectivity index (χ0v) is 42.9. The van der Waals surface area contributed by atoms with Crippen LogP contribution in [0.1, 0.15) is 213 Å². The van der Waals surface area contributed by atoms with Gasteiger partial charge >= 0.3 is 17.9 Å². The number of ether oxygens (including phenoxy) is 3. The van der Waals surface area contributed by atoms with E-state index in [1.54, 1.807) is 0 Å². The van der Waals surface area contributed by atoms with Gasteiger partial charge in [-0.3, -0.25) is 14.4 Å². The largest absolute Gasteiger partial charge is 0.462 e. The molecule has 0 radical (unpaired) electrons. The van der Waals surface area contributed by atoms with Gasteiger partial charge in [-0.05, 0) is 128 Å².